The van der Waals surface area contributed by atoms with Gasteiger partial charge in [0.1, 0.15) is 5.75 Å². The summed E-state index contributed by atoms with van der Waals surface area (Å²) in [6.45, 7) is 2.71. The molecule has 35 heavy (non-hydrogen) atoms. The molecule has 2 heterocycles. The van der Waals surface area contributed by atoms with Crippen molar-refractivity contribution in [2.45, 2.75) is 62.8 Å². The second kappa shape index (κ2) is 12.7. The van der Waals surface area contributed by atoms with Gasteiger partial charge in [-0.1, -0.05) is 57.2 Å². The lowest BCUT2D eigenvalue weighted by Gasteiger charge is -2.35. The lowest BCUT2D eigenvalue weighted by atomic mass is 9.95. The van der Waals surface area contributed by atoms with Gasteiger partial charge in [0.25, 0.3) is 0 Å². The number of carbonyl (C=O) groups excluding carboxylic acids is 1. The predicted octanol–water partition coefficient (Wildman–Crippen LogP) is 4.95. The maximum absolute atomic E-state index is 13.6. The lowest BCUT2D eigenvalue weighted by Crippen LogP contribution is -2.40. The molecule has 1 aliphatic heterocycles. The summed E-state index contributed by atoms with van der Waals surface area (Å²) in [7, 11) is -2.02. The predicted molar refractivity (Wildman–Crippen MR) is 136 cm³/mol. The van der Waals surface area contributed by atoms with Crippen molar-refractivity contribution in [1.29, 1.82) is 0 Å². The second-order valence-corrected chi connectivity index (χ2v) is 10.5. The van der Waals surface area contributed by atoms with Crippen LogP contribution in [0.2, 0.25) is 0 Å². The number of benzene rings is 2. The highest BCUT2D eigenvalue weighted by Crippen LogP contribution is 2.40. The first-order chi connectivity index (χ1) is 17.0. The average molecular weight is 502 g/mol. The number of rotatable bonds is 10. The second-order valence-electron chi connectivity index (χ2n) is 8.57. The number of para-hydroxylation sites is 1. The molecule has 1 atom stereocenters. The molecule has 3 aromatic rings. The Hall–Kier alpha value is -2.88. The third-order valence-electron chi connectivity index (χ3n) is 6.41. The number of unbranched alkanes of at least 4 members (excludes halogenated alkanes) is 4. The third kappa shape index (κ3) is 6.22. The Labute approximate surface area is 207 Å². The molecule has 0 saturated carbocycles. The van der Waals surface area contributed by atoms with E-state index < -0.39 is 10.0 Å². The molecule has 1 aliphatic rings. The largest absolute Gasteiger partial charge is 0.497 e. The lowest BCUT2D eigenvalue weighted by molar-refractivity contribution is -0.116. The minimum absolute atomic E-state index is 0.162. The maximum Gasteiger partial charge on any atom is 0.243 e. The van der Waals surface area contributed by atoms with Gasteiger partial charge in [-0.15, -0.1) is 0 Å². The smallest absolute Gasteiger partial charge is 0.243 e. The number of aromatic nitrogens is 1. The fraction of sp³-hybridized carbons (Fsp3) is 0.423. The highest BCUT2D eigenvalue weighted by molar-refractivity contribution is 7.89. The number of nitrogens with zero attached hydrogens (tertiary/aromatic N) is 1. The van der Waals surface area contributed by atoms with E-state index in [2.05, 4.69) is 30.1 Å². The first kappa shape index (κ1) is 26.7. The van der Waals surface area contributed by atoms with Crippen molar-refractivity contribution in [3.63, 3.8) is 0 Å². The van der Waals surface area contributed by atoms with E-state index >= 15 is 0 Å². The van der Waals surface area contributed by atoms with Crippen LogP contribution in [0.5, 0.6) is 5.75 Å². The first-order valence-electron chi connectivity index (χ1n) is 12.1. The number of aromatic amines is 1. The van der Waals surface area contributed by atoms with Gasteiger partial charge in [0.05, 0.1) is 18.0 Å². The number of nitrogens with one attached hydrogen (secondary N) is 2. The summed E-state index contributed by atoms with van der Waals surface area (Å²) >= 11 is 0. The summed E-state index contributed by atoms with van der Waals surface area (Å²) in [5, 5.41) is 8.47. The number of sulfonamides is 1. The van der Waals surface area contributed by atoms with Gasteiger partial charge in [-0.2, -0.15) is 4.31 Å². The van der Waals surface area contributed by atoms with Crippen LogP contribution in [-0.2, 0) is 21.2 Å². The van der Waals surface area contributed by atoms with E-state index in [4.69, 9.17) is 14.7 Å². The summed E-state index contributed by atoms with van der Waals surface area (Å²) in [6, 6.07) is 14.8. The summed E-state index contributed by atoms with van der Waals surface area (Å²) in [5.41, 5.74) is 4.68. The van der Waals surface area contributed by atoms with E-state index in [9.17, 15) is 8.42 Å². The molecule has 1 unspecified atom stereocenters. The van der Waals surface area contributed by atoms with Gasteiger partial charge in [0.15, 0.2) is 0 Å². The molecule has 2 aromatic carbocycles. The number of hydroxylamine groups is 1. The Balaban J connectivity index is 0.000000795. The molecule has 190 valence electrons. The molecule has 4 rings (SSSR count). The van der Waals surface area contributed by atoms with Gasteiger partial charge in [-0.3, -0.25) is 10.0 Å². The van der Waals surface area contributed by atoms with E-state index in [0.29, 0.717) is 17.2 Å². The Bertz CT molecular complexity index is 1190. The van der Waals surface area contributed by atoms with Crippen molar-refractivity contribution < 1.29 is 23.2 Å². The number of methoxy groups -OCH3 is 1. The van der Waals surface area contributed by atoms with Crippen LogP contribution in [-0.4, -0.2) is 43.0 Å². The van der Waals surface area contributed by atoms with Gasteiger partial charge in [-0.25, -0.2) is 13.9 Å². The molecule has 0 fully saturated rings. The molecule has 0 spiro atoms. The molecular weight excluding hydrogens is 466 g/mol. The molecule has 0 radical (unpaired) electrons. The number of hydrogen-bond acceptors (Lipinski definition) is 5. The monoisotopic (exact) mass is 501 g/mol. The molecule has 8 nitrogen and oxygen atoms in total. The topological polar surface area (TPSA) is 112 Å². The van der Waals surface area contributed by atoms with Crippen LogP contribution < -0.4 is 10.2 Å². The minimum atomic E-state index is -3.61. The summed E-state index contributed by atoms with van der Waals surface area (Å²) in [6.07, 6.45) is 7.53. The van der Waals surface area contributed by atoms with Crippen LogP contribution in [0, 0.1) is 0 Å². The third-order valence-corrected chi connectivity index (χ3v) is 8.33. The maximum atomic E-state index is 13.6. The molecular formula is C26H35N3O5S. The molecule has 1 aromatic heterocycles. The van der Waals surface area contributed by atoms with Crippen LogP contribution in [0.25, 0.3) is 10.9 Å². The zero-order valence-corrected chi connectivity index (χ0v) is 21.2. The number of hydrogen-bond donors (Lipinski definition) is 3. The van der Waals surface area contributed by atoms with Gasteiger partial charge in [0, 0.05) is 23.1 Å². The van der Waals surface area contributed by atoms with Gasteiger partial charge < -0.3 is 9.72 Å². The van der Waals surface area contributed by atoms with E-state index in [1.807, 2.05) is 6.07 Å². The van der Waals surface area contributed by atoms with Gasteiger partial charge in [0.2, 0.25) is 16.4 Å². The normalized spacial score (nSPS) is 15.7. The molecule has 3 N–H and O–H groups in total. The van der Waals surface area contributed by atoms with Gasteiger partial charge >= 0.3 is 0 Å². The van der Waals surface area contributed by atoms with E-state index in [-0.39, 0.29) is 12.5 Å². The molecule has 0 aliphatic carbocycles. The molecule has 0 bridgehead atoms. The number of fused-ring (bicyclic) bond motifs is 3. The van der Waals surface area contributed by atoms with Crippen LogP contribution in [0.4, 0.5) is 0 Å². The van der Waals surface area contributed by atoms with Crippen LogP contribution in [0.15, 0.2) is 53.4 Å². The highest BCUT2D eigenvalue weighted by Gasteiger charge is 2.37. The molecule has 0 saturated heterocycles. The number of ether oxygens (including phenoxy) is 1. The fourth-order valence-corrected chi connectivity index (χ4v) is 6.33. The SMILES string of the molecule is CCCCCCCC1c2[nH]c3ccccc3c2CCN1S(=O)(=O)c1ccc(OC)cc1.O=CNO. The number of H-pyrrole nitrogens is 1. The van der Waals surface area contributed by atoms with Gasteiger partial charge in [-0.05, 0) is 48.7 Å². The van der Waals surface area contributed by atoms with Crippen molar-refractivity contribution in [2.24, 2.45) is 0 Å². The van der Waals surface area contributed by atoms with Crippen molar-refractivity contribution in [1.82, 2.24) is 14.8 Å². The van der Waals surface area contributed by atoms with E-state index in [1.54, 1.807) is 35.7 Å². The Morgan fingerprint density at radius 2 is 1.80 bits per heavy atom. The van der Waals surface area contributed by atoms with Crippen LogP contribution >= 0.6 is 0 Å². The first-order valence-corrected chi connectivity index (χ1v) is 13.5. The average Bonchev–Trinajstić information content (AvgIpc) is 3.27. The minimum Gasteiger partial charge on any atom is -0.497 e. The number of carbonyl (C=O) groups is 1. The summed E-state index contributed by atoms with van der Waals surface area (Å²) < 4.78 is 34.2. The number of amides is 1. The summed E-state index contributed by atoms with van der Waals surface area (Å²) in [4.78, 5) is 12.7. The zero-order valence-electron chi connectivity index (χ0n) is 20.4. The standard InChI is InChI=1S/C25H32N2O3S.CH3NO2/c1-3-4-5-6-7-12-24-25-22(21-10-8-9-11-23(21)26-25)17-18-27(24)31(28,29)20-15-13-19(30-2)14-16-20;3-1-2-4/h8-11,13-16,24,26H,3-7,12,17-18H2,1-2H3;1,4H,(H,2,3). The molecule has 1 amide bonds. The quantitative estimate of drug-likeness (QED) is 0.158. The van der Waals surface area contributed by atoms with E-state index in [0.717, 1.165) is 36.9 Å². The summed E-state index contributed by atoms with van der Waals surface area (Å²) in [5.74, 6) is 0.656. The van der Waals surface area contributed by atoms with Crippen LogP contribution in [0.1, 0.15) is 62.7 Å². The highest BCUT2D eigenvalue weighted by atomic mass is 32.2. The Morgan fingerprint density at radius 1 is 1.11 bits per heavy atom. The van der Waals surface area contributed by atoms with Crippen molar-refractivity contribution in [3.8, 4) is 5.75 Å². The Kier molecular flexibility index (Phi) is 9.71. The van der Waals surface area contributed by atoms with Crippen molar-refractivity contribution >= 4 is 27.3 Å². The molecule has 9 heteroatoms. The van der Waals surface area contributed by atoms with Crippen molar-refractivity contribution in [2.75, 3.05) is 13.7 Å². The zero-order chi connectivity index (χ0) is 25.3. The Morgan fingerprint density at radius 3 is 2.46 bits per heavy atom. The van der Waals surface area contributed by atoms with E-state index in [1.165, 1.54) is 35.7 Å². The fourth-order valence-electron chi connectivity index (χ4n) is 4.70. The van der Waals surface area contributed by atoms with Crippen LogP contribution in [0.3, 0.4) is 0 Å². The van der Waals surface area contributed by atoms with Crippen molar-refractivity contribution in [3.05, 3.63) is 59.8 Å².